The van der Waals surface area contributed by atoms with Crippen LogP contribution in [0.1, 0.15) is 17.3 Å². The maximum Gasteiger partial charge on any atom is 0.0561 e. The Labute approximate surface area is 87.9 Å². The van der Waals surface area contributed by atoms with Gasteiger partial charge in [-0.25, -0.2) is 0 Å². The SMILES string of the molecule is CNC(CCOC)c1sccc1Cl. The molecule has 0 fully saturated rings. The molecule has 1 aromatic heterocycles. The van der Waals surface area contributed by atoms with Crippen molar-refractivity contribution in [1.82, 2.24) is 5.32 Å². The van der Waals surface area contributed by atoms with Crippen LogP contribution < -0.4 is 5.32 Å². The first-order chi connectivity index (χ1) is 6.29. The van der Waals surface area contributed by atoms with Crippen LogP contribution in [0.2, 0.25) is 5.02 Å². The van der Waals surface area contributed by atoms with E-state index in [1.807, 2.05) is 18.5 Å². The Kier molecular flexibility index (Phi) is 4.73. The van der Waals surface area contributed by atoms with Crippen LogP contribution >= 0.6 is 22.9 Å². The van der Waals surface area contributed by atoms with Gasteiger partial charge in [0.25, 0.3) is 0 Å². The number of rotatable bonds is 5. The van der Waals surface area contributed by atoms with E-state index in [1.165, 1.54) is 4.88 Å². The highest BCUT2D eigenvalue weighted by Gasteiger charge is 2.13. The van der Waals surface area contributed by atoms with Crippen molar-refractivity contribution in [2.24, 2.45) is 0 Å². The molecule has 1 rings (SSSR count). The molecule has 4 heteroatoms. The highest BCUT2D eigenvalue weighted by atomic mass is 35.5. The number of nitrogens with one attached hydrogen (secondary N) is 1. The molecular formula is C9H14ClNOS. The van der Waals surface area contributed by atoms with Gasteiger partial charge >= 0.3 is 0 Å². The lowest BCUT2D eigenvalue weighted by Crippen LogP contribution is -2.17. The fraction of sp³-hybridized carbons (Fsp3) is 0.556. The molecule has 1 unspecified atom stereocenters. The van der Waals surface area contributed by atoms with Crippen LogP contribution in [0, 0.1) is 0 Å². The smallest absolute Gasteiger partial charge is 0.0561 e. The Morgan fingerprint density at radius 2 is 2.46 bits per heavy atom. The maximum absolute atomic E-state index is 6.02. The molecule has 0 aliphatic carbocycles. The Morgan fingerprint density at radius 3 is 2.92 bits per heavy atom. The zero-order valence-corrected chi connectivity index (χ0v) is 9.41. The maximum atomic E-state index is 6.02. The van der Waals surface area contributed by atoms with Crippen molar-refractivity contribution >= 4 is 22.9 Å². The van der Waals surface area contributed by atoms with Crippen LogP contribution in [0.3, 0.4) is 0 Å². The third kappa shape index (κ3) is 2.95. The van der Waals surface area contributed by atoms with Gasteiger partial charge in [0.15, 0.2) is 0 Å². The van der Waals surface area contributed by atoms with E-state index in [-0.39, 0.29) is 0 Å². The van der Waals surface area contributed by atoms with Gasteiger partial charge in [-0.15, -0.1) is 11.3 Å². The third-order valence-electron chi connectivity index (χ3n) is 1.92. The fourth-order valence-electron chi connectivity index (χ4n) is 1.20. The van der Waals surface area contributed by atoms with E-state index in [2.05, 4.69) is 5.32 Å². The Morgan fingerprint density at radius 1 is 1.69 bits per heavy atom. The van der Waals surface area contributed by atoms with Crippen molar-refractivity contribution in [3.05, 3.63) is 21.3 Å². The predicted octanol–water partition coefficient (Wildman–Crippen LogP) is 2.70. The monoisotopic (exact) mass is 219 g/mol. The van der Waals surface area contributed by atoms with Gasteiger partial charge in [0.05, 0.1) is 5.02 Å². The van der Waals surface area contributed by atoms with Crippen molar-refractivity contribution in [2.75, 3.05) is 20.8 Å². The van der Waals surface area contributed by atoms with E-state index in [0.717, 1.165) is 18.1 Å². The van der Waals surface area contributed by atoms with Gasteiger partial charge < -0.3 is 10.1 Å². The fourth-order valence-corrected chi connectivity index (χ4v) is 2.53. The highest BCUT2D eigenvalue weighted by Crippen LogP contribution is 2.30. The van der Waals surface area contributed by atoms with E-state index in [0.29, 0.717) is 6.04 Å². The zero-order chi connectivity index (χ0) is 9.68. The molecule has 0 aliphatic heterocycles. The normalized spacial score (nSPS) is 13.2. The molecule has 0 radical (unpaired) electrons. The lowest BCUT2D eigenvalue weighted by atomic mass is 10.2. The van der Waals surface area contributed by atoms with Crippen LogP contribution in [-0.4, -0.2) is 20.8 Å². The predicted molar refractivity (Wildman–Crippen MR) is 57.6 cm³/mol. The minimum atomic E-state index is 0.312. The summed E-state index contributed by atoms with van der Waals surface area (Å²) in [6.07, 6.45) is 0.952. The number of thiophene rings is 1. The van der Waals surface area contributed by atoms with Gasteiger partial charge in [-0.3, -0.25) is 0 Å². The minimum absolute atomic E-state index is 0.312. The summed E-state index contributed by atoms with van der Waals surface area (Å²) in [5.74, 6) is 0. The van der Waals surface area contributed by atoms with Crippen LogP contribution in [0.4, 0.5) is 0 Å². The molecule has 0 aliphatic rings. The second kappa shape index (κ2) is 5.60. The molecule has 1 heterocycles. The topological polar surface area (TPSA) is 21.3 Å². The van der Waals surface area contributed by atoms with Crippen LogP contribution in [-0.2, 0) is 4.74 Å². The Balaban J connectivity index is 2.61. The second-order valence-corrected chi connectivity index (χ2v) is 4.11. The molecular weight excluding hydrogens is 206 g/mol. The van der Waals surface area contributed by atoms with Gasteiger partial charge in [0.1, 0.15) is 0 Å². The summed E-state index contributed by atoms with van der Waals surface area (Å²) in [5, 5.41) is 6.08. The van der Waals surface area contributed by atoms with Crippen LogP contribution in [0.5, 0.6) is 0 Å². The van der Waals surface area contributed by atoms with E-state index in [9.17, 15) is 0 Å². The summed E-state index contributed by atoms with van der Waals surface area (Å²) >= 11 is 7.70. The quantitative estimate of drug-likeness (QED) is 0.822. The van der Waals surface area contributed by atoms with E-state index in [1.54, 1.807) is 18.4 Å². The number of halogens is 1. The molecule has 1 N–H and O–H groups in total. The van der Waals surface area contributed by atoms with Crippen molar-refractivity contribution in [3.63, 3.8) is 0 Å². The summed E-state index contributed by atoms with van der Waals surface area (Å²) < 4.78 is 5.03. The summed E-state index contributed by atoms with van der Waals surface area (Å²) in [6.45, 7) is 0.750. The molecule has 0 spiro atoms. The van der Waals surface area contributed by atoms with Crippen LogP contribution in [0.15, 0.2) is 11.4 Å². The van der Waals surface area contributed by atoms with Crippen LogP contribution in [0.25, 0.3) is 0 Å². The van der Waals surface area contributed by atoms with E-state index < -0.39 is 0 Å². The number of methoxy groups -OCH3 is 1. The van der Waals surface area contributed by atoms with Gasteiger partial charge in [0, 0.05) is 24.6 Å². The molecule has 2 nitrogen and oxygen atoms in total. The van der Waals surface area contributed by atoms with Gasteiger partial charge in [0.2, 0.25) is 0 Å². The molecule has 0 saturated heterocycles. The molecule has 0 bridgehead atoms. The summed E-state index contributed by atoms with van der Waals surface area (Å²) in [4.78, 5) is 1.20. The summed E-state index contributed by atoms with van der Waals surface area (Å²) in [5.41, 5.74) is 0. The standard InChI is InChI=1S/C9H14ClNOS/c1-11-8(3-5-12-2)9-7(10)4-6-13-9/h4,6,8,11H,3,5H2,1-2H3. The van der Waals surface area contributed by atoms with Crippen molar-refractivity contribution in [1.29, 1.82) is 0 Å². The van der Waals surface area contributed by atoms with Gasteiger partial charge in [-0.1, -0.05) is 11.6 Å². The molecule has 0 amide bonds. The molecule has 0 saturated carbocycles. The number of ether oxygens (including phenoxy) is 1. The average molecular weight is 220 g/mol. The lowest BCUT2D eigenvalue weighted by Gasteiger charge is -2.14. The Hall–Kier alpha value is -0.0900. The number of hydrogen-bond donors (Lipinski definition) is 1. The molecule has 1 aromatic rings. The van der Waals surface area contributed by atoms with Crippen molar-refractivity contribution in [2.45, 2.75) is 12.5 Å². The molecule has 74 valence electrons. The second-order valence-electron chi connectivity index (χ2n) is 2.76. The Bertz CT molecular complexity index is 252. The summed E-state index contributed by atoms with van der Waals surface area (Å²) in [6, 6.07) is 2.24. The van der Waals surface area contributed by atoms with Crippen molar-refractivity contribution in [3.8, 4) is 0 Å². The van der Waals surface area contributed by atoms with E-state index in [4.69, 9.17) is 16.3 Å². The van der Waals surface area contributed by atoms with E-state index >= 15 is 0 Å². The van der Waals surface area contributed by atoms with Gasteiger partial charge in [-0.2, -0.15) is 0 Å². The first-order valence-electron chi connectivity index (χ1n) is 4.18. The average Bonchev–Trinajstić information content (AvgIpc) is 2.54. The first-order valence-corrected chi connectivity index (χ1v) is 5.44. The van der Waals surface area contributed by atoms with Crippen molar-refractivity contribution < 1.29 is 4.74 Å². The molecule has 0 aromatic carbocycles. The van der Waals surface area contributed by atoms with Gasteiger partial charge in [-0.05, 0) is 24.9 Å². The summed E-state index contributed by atoms with van der Waals surface area (Å²) in [7, 11) is 3.65. The lowest BCUT2D eigenvalue weighted by molar-refractivity contribution is 0.184. The first kappa shape index (κ1) is 11.0. The highest BCUT2D eigenvalue weighted by molar-refractivity contribution is 7.10. The number of hydrogen-bond acceptors (Lipinski definition) is 3. The minimum Gasteiger partial charge on any atom is -0.385 e. The third-order valence-corrected chi connectivity index (χ3v) is 3.39. The zero-order valence-electron chi connectivity index (χ0n) is 7.84. The largest absolute Gasteiger partial charge is 0.385 e. The molecule has 1 atom stereocenters. The molecule has 13 heavy (non-hydrogen) atoms.